The van der Waals surface area contributed by atoms with E-state index in [1.807, 2.05) is 12.1 Å². The van der Waals surface area contributed by atoms with E-state index in [0.29, 0.717) is 17.1 Å². The maximum atomic E-state index is 12.7. The number of hydrogen-bond acceptors (Lipinski definition) is 2. The number of imidazole rings is 1. The zero-order valence-electron chi connectivity index (χ0n) is 11.1. The second-order valence-corrected chi connectivity index (χ2v) is 4.54. The van der Waals surface area contributed by atoms with Gasteiger partial charge < -0.3 is 9.14 Å². The van der Waals surface area contributed by atoms with Gasteiger partial charge in [-0.2, -0.15) is 13.2 Å². The van der Waals surface area contributed by atoms with Gasteiger partial charge >= 0.3 is 6.18 Å². The molecule has 0 spiro atoms. The molecule has 108 valence electrons. The fraction of sp³-hybridized carbons (Fsp3) is 0.133. The van der Waals surface area contributed by atoms with Gasteiger partial charge in [-0.1, -0.05) is 0 Å². The average molecular weight is 292 g/mol. The van der Waals surface area contributed by atoms with Crippen LogP contribution in [-0.4, -0.2) is 16.5 Å². The minimum absolute atomic E-state index is 0.466. The summed E-state index contributed by atoms with van der Waals surface area (Å²) in [5, 5.41) is 0. The third-order valence-corrected chi connectivity index (χ3v) is 3.16. The number of methoxy groups -OCH3 is 1. The molecule has 0 amide bonds. The first-order valence-corrected chi connectivity index (χ1v) is 6.18. The van der Waals surface area contributed by atoms with E-state index in [9.17, 15) is 13.2 Å². The van der Waals surface area contributed by atoms with Gasteiger partial charge in [-0.3, -0.25) is 0 Å². The number of fused-ring (bicyclic) bond motifs is 1. The lowest BCUT2D eigenvalue weighted by Gasteiger charge is -2.05. The molecule has 0 radical (unpaired) electrons. The number of pyridine rings is 1. The van der Waals surface area contributed by atoms with E-state index in [0.717, 1.165) is 17.8 Å². The third-order valence-electron chi connectivity index (χ3n) is 3.16. The summed E-state index contributed by atoms with van der Waals surface area (Å²) in [5.74, 6) is 0.710. The van der Waals surface area contributed by atoms with Crippen molar-refractivity contribution in [1.29, 1.82) is 0 Å². The van der Waals surface area contributed by atoms with E-state index < -0.39 is 11.7 Å². The van der Waals surface area contributed by atoms with Crippen LogP contribution in [0.15, 0.2) is 48.8 Å². The summed E-state index contributed by atoms with van der Waals surface area (Å²) < 4.78 is 44.5. The molecule has 0 aliphatic heterocycles. The van der Waals surface area contributed by atoms with Crippen LogP contribution in [-0.2, 0) is 6.18 Å². The summed E-state index contributed by atoms with van der Waals surface area (Å²) in [7, 11) is 1.57. The largest absolute Gasteiger partial charge is 0.497 e. The second-order valence-electron chi connectivity index (χ2n) is 4.54. The van der Waals surface area contributed by atoms with E-state index in [1.165, 1.54) is 10.5 Å². The highest BCUT2D eigenvalue weighted by molar-refractivity contribution is 5.63. The summed E-state index contributed by atoms with van der Waals surface area (Å²) in [6.45, 7) is 0. The number of ether oxygens (including phenoxy) is 1. The fourth-order valence-electron chi connectivity index (χ4n) is 2.06. The Bertz CT molecular complexity index is 776. The molecule has 1 aromatic carbocycles. The van der Waals surface area contributed by atoms with Gasteiger partial charge in [-0.15, -0.1) is 0 Å². The van der Waals surface area contributed by atoms with Crippen LogP contribution >= 0.6 is 0 Å². The van der Waals surface area contributed by atoms with Crippen LogP contribution < -0.4 is 4.74 Å². The van der Waals surface area contributed by atoms with Crippen LogP contribution in [0.3, 0.4) is 0 Å². The van der Waals surface area contributed by atoms with Crippen LogP contribution in [0.25, 0.3) is 16.9 Å². The molecular weight excluding hydrogens is 281 g/mol. The summed E-state index contributed by atoms with van der Waals surface area (Å²) in [5.41, 5.74) is 1.19. The smallest absolute Gasteiger partial charge is 0.417 e. The molecule has 0 fully saturated rings. The lowest BCUT2D eigenvalue weighted by Crippen LogP contribution is -2.05. The molecule has 0 saturated carbocycles. The zero-order chi connectivity index (χ0) is 15.0. The summed E-state index contributed by atoms with van der Waals surface area (Å²) in [6.07, 6.45) is -1.75. The highest BCUT2D eigenvalue weighted by atomic mass is 19.4. The zero-order valence-corrected chi connectivity index (χ0v) is 11.1. The Morgan fingerprint density at radius 3 is 2.33 bits per heavy atom. The number of halogens is 3. The van der Waals surface area contributed by atoms with Crippen LogP contribution in [0.1, 0.15) is 5.56 Å². The van der Waals surface area contributed by atoms with E-state index in [1.54, 1.807) is 25.4 Å². The Balaban J connectivity index is 2.04. The minimum Gasteiger partial charge on any atom is -0.497 e. The molecular formula is C15H11F3N2O. The van der Waals surface area contributed by atoms with E-state index in [-0.39, 0.29) is 0 Å². The van der Waals surface area contributed by atoms with Gasteiger partial charge in [0.1, 0.15) is 11.4 Å². The van der Waals surface area contributed by atoms with Gasteiger partial charge in [-0.05, 0) is 36.4 Å². The highest BCUT2D eigenvalue weighted by Crippen LogP contribution is 2.30. The topological polar surface area (TPSA) is 26.5 Å². The molecule has 21 heavy (non-hydrogen) atoms. The van der Waals surface area contributed by atoms with Crippen molar-refractivity contribution in [2.75, 3.05) is 7.11 Å². The number of nitrogens with zero attached hydrogens (tertiary/aromatic N) is 2. The van der Waals surface area contributed by atoms with Crippen LogP contribution in [0.5, 0.6) is 5.75 Å². The van der Waals surface area contributed by atoms with Crippen LogP contribution in [0.4, 0.5) is 13.2 Å². The predicted molar refractivity (Wildman–Crippen MR) is 72.2 cm³/mol. The molecule has 2 heterocycles. The fourth-order valence-corrected chi connectivity index (χ4v) is 2.06. The van der Waals surface area contributed by atoms with E-state index in [2.05, 4.69) is 4.98 Å². The first kappa shape index (κ1) is 13.5. The van der Waals surface area contributed by atoms with E-state index >= 15 is 0 Å². The first-order valence-electron chi connectivity index (χ1n) is 6.18. The quantitative estimate of drug-likeness (QED) is 0.713. The Hall–Kier alpha value is -2.50. The normalized spacial score (nSPS) is 11.8. The Labute approximate surface area is 118 Å². The molecule has 3 aromatic rings. The summed E-state index contributed by atoms with van der Waals surface area (Å²) in [6, 6.07) is 9.56. The molecule has 0 saturated heterocycles. The SMILES string of the molecule is COc1ccc(-c2cn3cc(C(F)(F)F)ccc3n2)cc1. The van der Waals surface area contributed by atoms with Crippen LogP contribution in [0.2, 0.25) is 0 Å². The average Bonchev–Trinajstić information content (AvgIpc) is 2.89. The van der Waals surface area contributed by atoms with Crippen molar-refractivity contribution in [2.24, 2.45) is 0 Å². The standard InChI is InChI=1S/C15H11F3N2O/c1-21-12-5-2-10(3-6-12)13-9-20-8-11(15(16,17)18)4-7-14(20)19-13/h2-9H,1H3. The maximum Gasteiger partial charge on any atom is 0.417 e. The Morgan fingerprint density at radius 1 is 1.00 bits per heavy atom. The molecule has 0 N–H and O–H groups in total. The first-order chi connectivity index (χ1) is 9.97. The van der Waals surface area contributed by atoms with Crippen molar-refractivity contribution in [3.8, 4) is 17.0 Å². The minimum atomic E-state index is -4.36. The van der Waals surface area contributed by atoms with Crippen molar-refractivity contribution in [3.05, 3.63) is 54.4 Å². The van der Waals surface area contributed by atoms with Crippen molar-refractivity contribution in [2.45, 2.75) is 6.18 Å². The number of hydrogen-bond donors (Lipinski definition) is 0. The molecule has 3 rings (SSSR count). The van der Waals surface area contributed by atoms with Crippen molar-refractivity contribution in [1.82, 2.24) is 9.38 Å². The van der Waals surface area contributed by atoms with Gasteiger partial charge in [-0.25, -0.2) is 4.98 Å². The van der Waals surface area contributed by atoms with Crippen molar-refractivity contribution in [3.63, 3.8) is 0 Å². The maximum absolute atomic E-state index is 12.7. The Kier molecular flexibility index (Phi) is 3.08. The molecule has 0 atom stereocenters. The molecule has 0 unspecified atom stereocenters. The number of rotatable bonds is 2. The third kappa shape index (κ3) is 2.56. The molecule has 3 nitrogen and oxygen atoms in total. The lowest BCUT2D eigenvalue weighted by molar-refractivity contribution is -0.137. The van der Waals surface area contributed by atoms with Crippen LogP contribution in [0, 0.1) is 0 Å². The lowest BCUT2D eigenvalue weighted by atomic mass is 10.2. The number of aromatic nitrogens is 2. The van der Waals surface area contributed by atoms with Gasteiger partial charge in [0, 0.05) is 18.0 Å². The van der Waals surface area contributed by atoms with Gasteiger partial charge in [0.05, 0.1) is 18.4 Å². The van der Waals surface area contributed by atoms with Gasteiger partial charge in [0.15, 0.2) is 0 Å². The Morgan fingerprint density at radius 2 is 1.71 bits per heavy atom. The molecule has 2 aromatic heterocycles. The molecule has 0 bridgehead atoms. The van der Waals surface area contributed by atoms with E-state index in [4.69, 9.17) is 4.74 Å². The van der Waals surface area contributed by atoms with Gasteiger partial charge in [0.25, 0.3) is 0 Å². The summed E-state index contributed by atoms with van der Waals surface area (Å²) >= 11 is 0. The monoisotopic (exact) mass is 292 g/mol. The number of benzene rings is 1. The van der Waals surface area contributed by atoms with Crippen molar-refractivity contribution >= 4 is 5.65 Å². The summed E-state index contributed by atoms with van der Waals surface area (Å²) in [4.78, 5) is 4.32. The molecule has 6 heteroatoms. The van der Waals surface area contributed by atoms with Gasteiger partial charge in [0.2, 0.25) is 0 Å². The predicted octanol–water partition coefficient (Wildman–Crippen LogP) is 4.03. The number of alkyl halides is 3. The molecule has 0 aliphatic rings. The molecule has 0 aliphatic carbocycles. The highest BCUT2D eigenvalue weighted by Gasteiger charge is 2.30. The van der Waals surface area contributed by atoms with Crippen molar-refractivity contribution < 1.29 is 17.9 Å². The second kappa shape index (κ2) is 4.80.